The molecule has 1 N–H and O–H groups in total. The van der Waals surface area contributed by atoms with Crippen molar-refractivity contribution in [3.05, 3.63) is 29.0 Å². The molecule has 0 unspecified atom stereocenters. The predicted octanol–water partition coefficient (Wildman–Crippen LogP) is 1.41. The number of carbonyl (C=O) groups is 2. The van der Waals surface area contributed by atoms with Crippen LogP contribution in [0.25, 0.3) is 0 Å². The minimum atomic E-state index is -0.207. The van der Waals surface area contributed by atoms with Crippen LogP contribution < -0.4 is 5.32 Å². The van der Waals surface area contributed by atoms with Gasteiger partial charge in [-0.2, -0.15) is 0 Å². The number of hydrogen-bond donors (Lipinski definition) is 1. The van der Waals surface area contributed by atoms with E-state index in [-0.39, 0.29) is 17.9 Å². The van der Waals surface area contributed by atoms with Gasteiger partial charge >= 0.3 is 0 Å². The van der Waals surface area contributed by atoms with Crippen LogP contribution in [-0.2, 0) is 4.79 Å². The fourth-order valence-electron chi connectivity index (χ4n) is 2.72. The monoisotopic (exact) mass is 338 g/mol. The molecular weight excluding hydrogens is 316 g/mol. The number of likely N-dealkylation sites (N-methyl/N-ethyl adjacent to an activating group) is 1. The number of aromatic nitrogens is 1. The first-order valence-electron chi connectivity index (χ1n) is 7.81. The average molecular weight is 339 g/mol. The summed E-state index contributed by atoms with van der Waals surface area (Å²) in [6, 6.07) is 1.80. The zero-order valence-corrected chi connectivity index (χ0v) is 14.3. The Hall–Kier alpha value is -1.66. The number of halogens is 1. The van der Waals surface area contributed by atoms with E-state index < -0.39 is 0 Å². The molecular formula is C16H23ClN4O2. The zero-order chi connectivity index (χ0) is 16.8. The second-order valence-corrected chi connectivity index (χ2v) is 6.39. The lowest BCUT2D eigenvalue weighted by Crippen LogP contribution is -2.40. The van der Waals surface area contributed by atoms with Crippen molar-refractivity contribution in [2.75, 3.05) is 33.7 Å². The summed E-state index contributed by atoms with van der Waals surface area (Å²) in [6.45, 7) is 2.11. The number of likely N-dealkylation sites (tertiary alicyclic amines) is 1. The van der Waals surface area contributed by atoms with Gasteiger partial charge in [-0.3, -0.25) is 14.6 Å². The second-order valence-electron chi connectivity index (χ2n) is 5.98. The summed E-state index contributed by atoms with van der Waals surface area (Å²) in [5, 5.41) is 3.21. The van der Waals surface area contributed by atoms with Crippen molar-refractivity contribution in [2.24, 2.45) is 0 Å². The molecule has 0 spiro atoms. The Morgan fingerprint density at radius 3 is 3.00 bits per heavy atom. The van der Waals surface area contributed by atoms with Gasteiger partial charge in [0.15, 0.2) is 0 Å². The molecule has 2 amide bonds. The normalized spacial score (nSPS) is 17.8. The minimum Gasteiger partial charge on any atom is -0.352 e. The summed E-state index contributed by atoms with van der Waals surface area (Å²) < 4.78 is 0. The lowest BCUT2D eigenvalue weighted by molar-refractivity contribution is -0.129. The molecule has 1 aliphatic heterocycles. The topological polar surface area (TPSA) is 65.5 Å². The molecule has 1 atom stereocenters. The first kappa shape index (κ1) is 17.7. The van der Waals surface area contributed by atoms with E-state index in [1.54, 1.807) is 12.3 Å². The average Bonchev–Trinajstić information content (AvgIpc) is 2.86. The van der Waals surface area contributed by atoms with Gasteiger partial charge in [0.05, 0.1) is 10.6 Å². The van der Waals surface area contributed by atoms with E-state index in [9.17, 15) is 9.59 Å². The third kappa shape index (κ3) is 4.91. The highest BCUT2D eigenvalue weighted by Crippen LogP contribution is 2.21. The maximum Gasteiger partial charge on any atom is 0.252 e. The van der Waals surface area contributed by atoms with Crippen molar-refractivity contribution in [2.45, 2.75) is 25.3 Å². The number of hydrogen-bond acceptors (Lipinski definition) is 4. The Bertz CT molecular complexity index is 565. The van der Waals surface area contributed by atoms with Crippen LogP contribution >= 0.6 is 11.6 Å². The van der Waals surface area contributed by atoms with Crippen molar-refractivity contribution in [3.8, 4) is 0 Å². The largest absolute Gasteiger partial charge is 0.352 e. The lowest BCUT2D eigenvalue weighted by atomic mass is 10.1. The third-order valence-corrected chi connectivity index (χ3v) is 4.32. The van der Waals surface area contributed by atoms with Crippen LogP contribution in [0.2, 0.25) is 5.02 Å². The summed E-state index contributed by atoms with van der Waals surface area (Å²) in [5.74, 6) is 0.00178. The Morgan fingerprint density at radius 2 is 2.30 bits per heavy atom. The maximum absolute atomic E-state index is 12.1. The van der Waals surface area contributed by atoms with E-state index in [2.05, 4.69) is 15.2 Å². The van der Waals surface area contributed by atoms with Gasteiger partial charge < -0.3 is 15.1 Å². The van der Waals surface area contributed by atoms with Gasteiger partial charge in [-0.05, 0) is 33.0 Å². The Labute approximate surface area is 141 Å². The van der Waals surface area contributed by atoms with Crippen molar-refractivity contribution in [1.29, 1.82) is 0 Å². The number of amides is 2. The zero-order valence-electron chi connectivity index (χ0n) is 13.6. The fourth-order valence-corrected chi connectivity index (χ4v) is 2.92. The molecule has 2 heterocycles. The van der Waals surface area contributed by atoms with Crippen molar-refractivity contribution in [1.82, 2.24) is 20.1 Å². The molecule has 0 saturated carbocycles. The van der Waals surface area contributed by atoms with Gasteiger partial charge in [-0.15, -0.1) is 0 Å². The van der Waals surface area contributed by atoms with Crippen LogP contribution in [0.5, 0.6) is 0 Å². The number of carbonyl (C=O) groups excluding carboxylic acids is 2. The van der Waals surface area contributed by atoms with Crippen LogP contribution in [0.4, 0.5) is 0 Å². The molecule has 6 nitrogen and oxygen atoms in total. The SMILES string of the molecule is CN(C)CCN1C(=O)CC[C@@H]1CCNC(=O)c1ccncc1Cl. The van der Waals surface area contributed by atoms with Crippen LogP contribution in [-0.4, -0.2) is 66.4 Å². The van der Waals surface area contributed by atoms with Gasteiger partial charge in [-0.25, -0.2) is 0 Å². The maximum atomic E-state index is 12.1. The van der Waals surface area contributed by atoms with Crippen molar-refractivity contribution >= 4 is 23.4 Å². The third-order valence-electron chi connectivity index (χ3n) is 4.02. The molecule has 0 radical (unpaired) electrons. The number of nitrogens with zero attached hydrogens (tertiary/aromatic N) is 3. The molecule has 23 heavy (non-hydrogen) atoms. The van der Waals surface area contributed by atoms with E-state index in [0.717, 1.165) is 25.9 Å². The molecule has 1 aliphatic rings. The highest BCUT2D eigenvalue weighted by Gasteiger charge is 2.30. The molecule has 0 aliphatic carbocycles. The summed E-state index contributed by atoms with van der Waals surface area (Å²) in [6.07, 6.45) is 5.21. The van der Waals surface area contributed by atoms with Crippen LogP contribution in [0.3, 0.4) is 0 Å². The molecule has 1 fully saturated rings. The molecule has 2 rings (SSSR count). The van der Waals surface area contributed by atoms with E-state index in [0.29, 0.717) is 23.6 Å². The summed E-state index contributed by atoms with van der Waals surface area (Å²) in [7, 11) is 3.99. The van der Waals surface area contributed by atoms with Gasteiger partial charge in [0.1, 0.15) is 0 Å². The van der Waals surface area contributed by atoms with Gasteiger partial charge in [0, 0.05) is 44.5 Å². The first-order valence-corrected chi connectivity index (χ1v) is 8.18. The van der Waals surface area contributed by atoms with Crippen LogP contribution in [0.15, 0.2) is 18.5 Å². The first-order chi connectivity index (χ1) is 11.0. The van der Waals surface area contributed by atoms with Gasteiger partial charge in [-0.1, -0.05) is 11.6 Å². The number of pyridine rings is 1. The summed E-state index contributed by atoms with van der Waals surface area (Å²) in [5.41, 5.74) is 0.425. The van der Waals surface area contributed by atoms with Crippen LogP contribution in [0.1, 0.15) is 29.6 Å². The summed E-state index contributed by atoms with van der Waals surface area (Å²) >= 11 is 5.96. The fraction of sp³-hybridized carbons (Fsp3) is 0.562. The highest BCUT2D eigenvalue weighted by molar-refractivity contribution is 6.33. The van der Waals surface area contributed by atoms with E-state index in [4.69, 9.17) is 11.6 Å². The van der Waals surface area contributed by atoms with E-state index in [1.165, 1.54) is 6.20 Å². The van der Waals surface area contributed by atoms with Gasteiger partial charge in [0.25, 0.3) is 5.91 Å². The standard InChI is InChI=1S/C16H23ClN4O2/c1-20(2)9-10-21-12(3-4-15(21)22)5-8-19-16(23)13-6-7-18-11-14(13)17/h6-7,11-12H,3-5,8-10H2,1-2H3,(H,19,23)/t12-/m1/s1. The second kappa shape index (κ2) is 8.26. The number of nitrogens with one attached hydrogen (secondary N) is 1. The Kier molecular flexibility index (Phi) is 6.36. The van der Waals surface area contributed by atoms with Crippen LogP contribution in [0, 0.1) is 0 Å². The molecule has 126 valence electrons. The van der Waals surface area contributed by atoms with E-state index >= 15 is 0 Å². The summed E-state index contributed by atoms with van der Waals surface area (Å²) in [4.78, 5) is 31.9. The molecule has 0 bridgehead atoms. The lowest BCUT2D eigenvalue weighted by Gasteiger charge is -2.26. The molecule has 7 heteroatoms. The minimum absolute atomic E-state index is 0.204. The molecule has 1 aromatic heterocycles. The quantitative estimate of drug-likeness (QED) is 0.816. The smallest absolute Gasteiger partial charge is 0.252 e. The number of rotatable bonds is 7. The van der Waals surface area contributed by atoms with Gasteiger partial charge in [0.2, 0.25) is 5.91 Å². The Balaban J connectivity index is 1.82. The predicted molar refractivity (Wildman–Crippen MR) is 89.5 cm³/mol. The van der Waals surface area contributed by atoms with Crippen molar-refractivity contribution in [3.63, 3.8) is 0 Å². The Morgan fingerprint density at radius 1 is 1.52 bits per heavy atom. The molecule has 1 saturated heterocycles. The highest BCUT2D eigenvalue weighted by atomic mass is 35.5. The van der Waals surface area contributed by atoms with E-state index in [1.807, 2.05) is 19.0 Å². The molecule has 1 aromatic rings. The van der Waals surface area contributed by atoms with Crippen molar-refractivity contribution < 1.29 is 9.59 Å². The molecule has 0 aromatic carbocycles.